The van der Waals surface area contributed by atoms with Crippen LogP contribution in [0.4, 0.5) is 4.79 Å². The summed E-state index contributed by atoms with van der Waals surface area (Å²) < 4.78 is 4.59. The van der Waals surface area contributed by atoms with Gasteiger partial charge < -0.3 is 25.4 Å². The Hall–Kier alpha value is -2.25. The zero-order valence-electron chi connectivity index (χ0n) is 10.8. The third-order valence-electron chi connectivity index (χ3n) is 2.50. The van der Waals surface area contributed by atoms with Gasteiger partial charge in [-0.25, -0.2) is 9.59 Å². The Kier molecular flexibility index (Phi) is 6.01. The smallest absolute Gasteiger partial charge is 0.408 e. The van der Waals surface area contributed by atoms with E-state index in [2.05, 4.69) is 11.3 Å². The maximum Gasteiger partial charge on any atom is 0.408 e. The fraction of sp³-hybridized carbons (Fsp3) is 0.231. The Morgan fingerprint density at radius 1 is 1.48 bits per heavy atom. The predicted molar refractivity (Wildman–Crippen MR) is 74.2 cm³/mol. The summed E-state index contributed by atoms with van der Waals surface area (Å²) in [5.74, 6) is -1.67. The summed E-state index contributed by atoms with van der Waals surface area (Å²) in [6.07, 6.45) is -1.27. The summed E-state index contributed by atoms with van der Waals surface area (Å²) >= 11 is 5.68. The van der Waals surface area contributed by atoms with Crippen LogP contribution in [0.2, 0.25) is 5.02 Å². The molecule has 0 aliphatic rings. The largest absolute Gasteiger partial charge is 0.506 e. The van der Waals surface area contributed by atoms with Crippen LogP contribution in [0, 0.1) is 0 Å². The standard InChI is InChI=1S/C13H14ClNO6/c1-2-5-21-13(20)15-10(12(18)19)11(17)7-3-4-9(16)8(14)6-7/h2-4,6,10-11,16-17H,1,5H2,(H,15,20)(H,18,19)/t10-,11-/m1/s1. The molecule has 1 amide bonds. The van der Waals surface area contributed by atoms with E-state index in [-0.39, 0.29) is 22.9 Å². The Morgan fingerprint density at radius 3 is 2.67 bits per heavy atom. The maximum atomic E-state index is 11.4. The number of carbonyl (C=O) groups excluding carboxylic acids is 1. The number of aliphatic carboxylic acids is 1. The van der Waals surface area contributed by atoms with Crippen molar-refractivity contribution in [2.24, 2.45) is 0 Å². The highest BCUT2D eigenvalue weighted by atomic mass is 35.5. The first-order chi connectivity index (χ1) is 9.86. The minimum Gasteiger partial charge on any atom is -0.506 e. The molecule has 7 nitrogen and oxygen atoms in total. The van der Waals surface area contributed by atoms with Gasteiger partial charge in [-0.05, 0) is 17.7 Å². The Bertz CT molecular complexity index is 547. The molecule has 0 bridgehead atoms. The summed E-state index contributed by atoms with van der Waals surface area (Å²) in [7, 11) is 0. The molecule has 0 radical (unpaired) electrons. The number of rotatable bonds is 6. The number of aliphatic hydroxyl groups is 1. The maximum absolute atomic E-state index is 11.4. The molecule has 4 N–H and O–H groups in total. The average Bonchev–Trinajstić information content (AvgIpc) is 2.44. The highest BCUT2D eigenvalue weighted by Crippen LogP contribution is 2.27. The molecule has 0 spiro atoms. The van der Waals surface area contributed by atoms with Crippen LogP contribution in [-0.4, -0.2) is 40.0 Å². The molecule has 1 aromatic rings. The van der Waals surface area contributed by atoms with Gasteiger partial charge in [0.15, 0.2) is 6.04 Å². The second-order valence-corrected chi connectivity index (χ2v) is 4.41. The zero-order valence-corrected chi connectivity index (χ0v) is 11.6. The fourth-order valence-electron chi connectivity index (χ4n) is 1.48. The van der Waals surface area contributed by atoms with Gasteiger partial charge in [0.2, 0.25) is 0 Å². The van der Waals surface area contributed by atoms with Crippen molar-refractivity contribution < 1.29 is 29.6 Å². The molecule has 0 saturated heterocycles. The first kappa shape index (κ1) is 16.8. The minimum absolute atomic E-state index is 0.0510. The number of phenols is 1. The molecule has 0 heterocycles. The van der Waals surface area contributed by atoms with E-state index >= 15 is 0 Å². The monoisotopic (exact) mass is 315 g/mol. The first-order valence-corrected chi connectivity index (χ1v) is 6.18. The number of carboxylic acid groups (broad SMARTS) is 1. The van der Waals surface area contributed by atoms with Crippen molar-refractivity contribution in [1.82, 2.24) is 5.32 Å². The number of hydrogen-bond donors (Lipinski definition) is 4. The second kappa shape index (κ2) is 7.51. The zero-order chi connectivity index (χ0) is 16.0. The number of nitrogens with one attached hydrogen (secondary N) is 1. The molecule has 0 fully saturated rings. The van der Waals surface area contributed by atoms with Crippen molar-refractivity contribution in [3.05, 3.63) is 41.4 Å². The van der Waals surface area contributed by atoms with Crippen LogP contribution >= 0.6 is 11.6 Å². The van der Waals surface area contributed by atoms with Gasteiger partial charge in [0.25, 0.3) is 0 Å². The van der Waals surface area contributed by atoms with Crippen LogP contribution < -0.4 is 5.32 Å². The summed E-state index contributed by atoms with van der Waals surface area (Å²) in [6, 6.07) is 2.06. The Balaban J connectivity index is 2.88. The van der Waals surface area contributed by atoms with Crippen molar-refractivity contribution in [1.29, 1.82) is 0 Å². The molecule has 2 atom stereocenters. The molecule has 1 aromatic carbocycles. The summed E-state index contributed by atoms with van der Waals surface area (Å²) in [5, 5.41) is 30.4. The lowest BCUT2D eigenvalue weighted by molar-refractivity contribution is -0.142. The fourth-order valence-corrected chi connectivity index (χ4v) is 1.67. The first-order valence-electron chi connectivity index (χ1n) is 5.80. The lowest BCUT2D eigenvalue weighted by atomic mass is 10.0. The quantitative estimate of drug-likeness (QED) is 0.590. The predicted octanol–water partition coefficient (Wildman–Crippen LogP) is 1.44. The van der Waals surface area contributed by atoms with Crippen LogP contribution in [0.5, 0.6) is 5.75 Å². The average molecular weight is 316 g/mol. The number of hydrogen-bond acceptors (Lipinski definition) is 5. The molecule has 21 heavy (non-hydrogen) atoms. The SMILES string of the molecule is C=CCOC(=O)N[C@@H](C(=O)O)[C@H](O)c1ccc(O)c(Cl)c1. The second-order valence-electron chi connectivity index (χ2n) is 4.00. The number of halogens is 1. The molecule has 0 unspecified atom stereocenters. The summed E-state index contributed by atoms with van der Waals surface area (Å²) in [4.78, 5) is 22.5. The third-order valence-corrected chi connectivity index (χ3v) is 2.80. The number of benzene rings is 1. The van der Waals surface area contributed by atoms with Crippen molar-refractivity contribution >= 4 is 23.7 Å². The van der Waals surface area contributed by atoms with Crippen LogP contribution in [0.3, 0.4) is 0 Å². The minimum atomic E-state index is -1.64. The van der Waals surface area contributed by atoms with Gasteiger partial charge in [-0.2, -0.15) is 0 Å². The number of phenolic OH excluding ortho intramolecular Hbond substituents is 1. The van der Waals surface area contributed by atoms with Gasteiger partial charge in [0, 0.05) is 0 Å². The number of aromatic hydroxyl groups is 1. The molecule has 0 saturated carbocycles. The van der Waals surface area contributed by atoms with Gasteiger partial charge >= 0.3 is 12.1 Å². The molecule has 8 heteroatoms. The third kappa shape index (κ3) is 4.66. The van der Waals surface area contributed by atoms with E-state index in [1.807, 2.05) is 5.32 Å². The molecule has 0 aliphatic carbocycles. The topological polar surface area (TPSA) is 116 Å². The van der Waals surface area contributed by atoms with Crippen molar-refractivity contribution in [2.75, 3.05) is 6.61 Å². The van der Waals surface area contributed by atoms with Crippen molar-refractivity contribution in [3.8, 4) is 5.75 Å². The lowest BCUT2D eigenvalue weighted by Crippen LogP contribution is -2.45. The van der Waals surface area contributed by atoms with E-state index in [0.29, 0.717) is 0 Å². The lowest BCUT2D eigenvalue weighted by Gasteiger charge is -2.20. The number of amides is 1. The van der Waals surface area contributed by atoms with E-state index in [1.54, 1.807) is 0 Å². The number of aliphatic hydroxyl groups excluding tert-OH is 1. The number of carbonyl (C=O) groups is 2. The number of alkyl carbamates (subject to hydrolysis) is 1. The van der Waals surface area contributed by atoms with Gasteiger partial charge in [0.1, 0.15) is 18.5 Å². The number of ether oxygens (including phenoxy) is 1. The Labute approximate surface area is 125 Å². The summed E-state index contributed by atoms with van der Waals surface area (Å²) in [5.41, 5.74) is 0.120. The van der Waals surface area contributed by atoms with Gasteiger partial charge in [-0.1, -0.05) is 30.3 Å². The number of carboxylic acids is 1. The van der Waals surface area contributed by atoms with Crippen LogP contribution in [0.15, 0.2) is 30.9 Å². The Morgan fingerprint density at radius 2 is 2.14 bits per heavy atom. The van der Waals surface area contributed by atoms with Crippen LogP contribution in [0.1, 0.15) is 11.7 Å². The van der Waals surface area contributed by atoms with E-state index in [4.69, 9.17) is 16.7 Å². The van der Waals surface area contributed by atoms with E-state index < -0.39 is 24.2 Å². The van der Waals surface area contributed by atoms with E-state index in [1.165, 1.54) is 24.3 Å². The molecule has 114 valence electrons. The summed E-state index contributed by atoms with van der Waals surface area (Å²) in [6.45, 7) is 3.24. The molecule has 1 rings (SSSR count). The van der Waals surface area contributed by atoms with Crippen LogP contribution in [0.25, 0.3) is 0 Å². The highest BCUT2D eigenvalue weighted by molar-refractivity contribution is 6.32. The van der Waals surface area contributed by atoms with E-state index in [0.717, 1.165) is 0 Å². The van der Waals surface area contributed by atoms with Crippen LogP contribution in [-0.2, 0) is 9.53 Å². The normalized spacial score (nSPS) is 13.0. The van der Waals surface area contributed by atoms with Crippen molar-refractivity contribution in [3.63, 3.8) is 0 Å². The van der Waals surface area contributed by atoms with Crippen molar-refractivity contribution in [2.45, 2.75) is 12.1 Å². The highest BCUT2D eigenvalue weighted by Gasteiger charge is 2.30. The van der Waals surface area contributed by atoms with Gasteiger partial charge in [-0.15, -0.1) is 0 Å². The van der Waals surface area contributed by atoms with Gasteiger partial charge in [0.05, 0.1) is 5.02 Å². The molecule has 0 aliphatic heterocycles. The molecule has 0 aromatic heterocycles. The van der Waals surface area contributed by atoms with Gasteiger partial charge in [-0.3, -0.25) is 0 Å². The molecular formula is C13H14ClNO6. The molecular weight excluding hydrogens is 302 g/mol. The van der Waals surface area contributed by atoms with E-state index in [9.17, 15) is 19.8 Å².